The van der Waals surface area contributed by atoms with Crippen LogP contribution in [0.2, 0.25) is 0 Å². The van der Waals surface area contributed by atoms with Crippen molar-refractivity contribution in [3.8, 4) is 0 Å². The summed E-state index contributed by atoms with van der Waals surface area (Å²) in [5.41, 5.74) is 2.19. The Morgan fingerprint density at radius 2 is 1.64 bits per heavy atom. The fourth-order valence-corrected chi connectivity index (χ4v) is 4.18. The summed E-state index contributed by atoms with van der Waals surface area (Å²) in [5, 5.41) is 0. The molecular formula is C18H20O3S. The van der Waals surface area contributed by atoms with Crippen LogP contribution >= 0.6 is 0 Å². The molecule has 0 saturated heterocycles. The van der Waals surface area contributed by atoms with Crippen LogP contribution in [-0.4, -0.2) is 14.5 Å². The summed E-state index contributed by atoms with van der Waals surface area (Å²) in [7, 11) is -3.70. The van der Waals surface area contributed by atoms with Crippen LogP contribution in [0.3, 0.4) is 0 Å². The van der Waals surface area contributed by atoms with Gasteiger partial charge < -0.3 is 0 Å². The molecule has 0 N–H and O–H groups in total. The van der Waals surface area contributed by atoms with E-state index < -0.39 is 10.1 Å². The quantitative estimate of drug-likeness (QED) is 0.800. The highest BCUT2D eigenvalue weighted by atomic mass is 32.2. The van der Waals surface area contributed by atoms with Crippen molar-refractivity contribution in [1.82, 2.24) is 0 Å². The smallest absolute Gasteiger partial charge is 0.262 e. The van der Waals surface area contributed by atoms with Gasteiger partial charge in [0.05, 0.1) is 11.0 Å². The second kappa shape index (κ2) is 6.23. The Labute approximate surface area is 132 Å². The first-order valence-electron chi connectivity index (χ1n) is 7.61. The number of benzene rings is 2. The Kier molecular flexibility index (Phi) is 4.32. The first kappa shape index (κ1) is 15.3. The average molecular weight is 316 g/mol. The molecule has 0 heterocycles. The average Bonchev–Trinajstić information content (AvgIpc) is 2.96. The lowest BCUT2D eigenvalue weighted by atomic mass is 9.96. The molecule has 22 heavy (non-hydrogen) atoms. The van der Waals surface area contributed by atoms with E-state index in [1.165, 1.54) is 0 Å². The molecule has 0 radical (unpaired) electrons. The molecule has 0 bridgehead atoms. The molecule has 4 heteroatoms. The highest BCUT2D eigenvalue weighted by Gasteiger charge is 2.33. The van der Waals surface area contributed by atoms with Crippen molar-refractivity contribution in [3.63, 3.8) is 0 Å². The summed E-state index contributed by atoms with van der Waals surface area (Å²) < 4.78 is 30.5. The van der Waals surface area contributed by atoms with E-state index in [1.54, 1.807) is 24.3 Å². The fourth-order valence-electron chi connectivity index (χ4n) is 3.05. The van der Waals surface area contributed by atoms with Crippen molar-refractivity contribution in [2.45, 2.75) is 43.1 Å². The Bertz CT molecular complexity index is 721. The van der Waals surface area contributed by atoms with Crippen molar-refractivity contribution in [3.05, 3.63) is 65.7 Å². The van der Waals surface area contributed by atoms with E-state index in [2.05, 4.69) is 0 Å². The highest BCUT2D eigenvalue weighted by Crippen LogP contribution is 2.38. The van der Waals surface area contributed by atoms with Crippen molar-refractivity contribution in [2.24, 2.45) is 0 Å². The number of rotatable bonds is 4. The number of hydrogen-bond donors (Lipinski definition) is 0. The molecule has 1 aliphatic carbocycles. The van der Waals surface area contributed by atoms with Gasteiger partial charge in [0.25, 0.3) is 10.1 Å². The zero-order valence-electron chi connectivity index (χ0n) is 12.6. The molecule has 0 spiro atoms. The van der Waals surface area contributed by atoms with Crippen molar-refractivity contribution < 1.29 is 12.6 Å². The monoisotopic (exact) mass is 316 g/mol. The van der Waals surface area contributed by atoms with Gasteiger partial charge in [0.15, 0.2) is 0 Å². The maximum absolute atomic E-state index is 12.5. The highest BCUT2D eigenvalue weighted by molar-refractivity contribution is 7.86. The molecule has 3 nitrogen and oxygen atoms in total. The molecule has 0 amide bonds. The van der Waals surface area contributed by atoms with E-state index in [1.807, 2.05) is 37.3 Å². The van der Waals surface area contributed by atoms with Gasteiger partial charge in [0, 0.05) is 5.92 Å². The molecule has 1 fully saturated rings. The standard InChI is InChI=1S/C18H20O3S/c1-14-10-12-16(13-11-14)22(19,20)21-18-9-5-8-17(18)15-6-3-2-4-7-15/h2-4,6-7,10-13,17-18H,5,8-9H2,1H3. The first-order valence-corrected chi connectivity index (χ1v) is 9.02. The molecule has 116 valence electrons. The van der Waals surface area contributed by atoms with Gasteiger partial charge in [-0.2, -0.15) is 8.42 Å². The maximum atomic E-state index is 12.5. The SMILES string of the molecule is Cc1ccc(S(=O)(=O)OC2CCCC2c2ccccc2)cc1. The van der Waals surface area contributed by atoms with Gasteiger partial charge >= 0.3 is 0 Å². The predicted octanol–water partition coefficient (Wildman–Crippen LogP) is 4.04. The van der Waals surface area contributed by atoms with Gasteiger partial charge in [-0.15, -0.1) is 0 Å². The second-order valence-corrected chi connectivity index (χ2v) is 7.42. The van der Waals surface area contributed by atoms with Crippen molar-refractivity contribution in [2.75, 3.05) is 0 Å². The van der Waals surface area contributed by atoms with Gasteiger partial charge in [0.2, 0.25) is 0 Å². The van der Waals surface area contributed by atoms with E-state index in [0.29, 0.717) is 0 Å². The molecule has 1 saturated carbocycles. The Morgan fingerprint density at radius 3 is 2.32 bits per heavy atom. The third-order valence-electron chi connectivity index (χ3n) is 4.24. The molecule has 2 aromatic carbocycles. The molecule has 3 rings (SSSR count). The molecular weight excluding hydrogens is 296 g/mol. The minimum absolute atomic E-state index is 0.154. The van der Waals surface area contributed by atoms with Gasteiger partial charge in [-0.25, -0.2) is 0 Å². The lowest BCUT2D eigenvalue weighted by Crippen LogP contribution is -2.21. The molecule has 2 unspecified atom stereocenters. The van der Waals surface area contributed by atoms with Crippen molar-refractivity contribution >= 4 is 10.1 Å². The van der Waals surface area contributed by atoms with E-state index >= 15 is 0 Å². The van der Waals surface area contributed by atoms with Crippen LogP contribution in [0.25, 0.3) is 0 Å². The Balaban J connectivity index is 1.81. The normalized spacial score (nSPS) is 21.9. The van der Waals surface area contributed by atoms with Crippen LogP contribution < -0.4 is 0 Å². The molecule has 1 aliphatic rings. The minimum atomic E-state index is -3.70. The third-order valence-corrected chi connectivity index (χ3v) is 5.59. The van der Waals surface area contributed by atoms with Gasteiger partial charge in [0.1, 0.15) is 0 Å². The Hall–Kier alpha value is -1.65. The number of aryl methyl sites for hydroxylation is 1. The first-order chi connectivity index (χ1) is 10.6. The lowest BCUT2D eigenvalue weighted by molar-refractivity contribution is 0.198. The summed E-state index contributed by atoms with van der Waals surface area (Å²) in [6.45, 7) is 1.93. The lowest BCUT2D eigenvalue weighted by Gasteiger charge is -2.20. The fraction of sp³-hybridized carbons (Fsp3) is 0.333. The topological polar surface area (TPSA) is 43.4 Å². The van der Waals surface area contributed by atoms with Crippen LogP contribution in [0.15, 0.2) is 59.5 Å². The van der Waals surface area contributed by atoms with Crippen LogP contribution in [0.4, 0.5) is 0 Å². The largest absolute Gasteiger partial charge is 0.297 e. The second-order valence-electron chi connectivity index (χ2n) is 5.85. The zero-order valence-corrected chi connectivity index (χ0v) is 13.4. The summed E-state index contributed by atoms with van der Waals surface area (Å²) in [5.74, 6) is 0.154. The summed E-state index contributed by atoms with van der Waals surface area (Å²) in [6, 6.07) is 16.8. The molecule has 2 aromatic rings. The van der Waals surface area contributed by atoms with E-state index in [9.17, 15) is 8.42 Å². The summed E-state index contributed by atoms with van der Waals surface area (Å²) in [4.78, 5) is 0.233. The summed E-state index contributed by atoms with van der Waals surface area (Å²) in [6.07, 6.45) is 2.48. The molecule has 2 atom stereocenters. The van der Waals surface area contributed by atoms with E-state index in [0.717, 1.165) is 30.4 Å². The van der Waals surface area contributed by atoms with Crippen LogP contribution in [0, 0.1) is 6.92 Å². The van der Waals surface area contributed by atoms with Crippen LogP contribution in [-0.2, 0) is 14.3 Å². The maximum Gasteiger partial charge on any atom is 0.297 e. The third kappa shape index (κ3) is 3.23. The van der Waals surface area contributed by atoms with Crippen LogP contribution in [0.1, 0.15) is 36.3 Å². The van der Waals surface area contributed by atoms with E-state index in [4.69, 9.17) is 4.18 Å². The van der Waals surface area contributed by atoms with E-state index in [-0.39, 0.29) is 16.9 Å². The minimum Gasteiger partial charge on any atom is -0.262 e. The predicted molar refractivity (Wildman–Crippen MR) is 86.3 cm³/mol. The zero-order chi connectivity index (χ0) is 15.6. The van der Waals surface area contributed by atoms with Crippen LogP contribution in [0.5, 0.6) is 0 Å². The van der Waals surface area contributed by atoms with Gasteiger partial charge in [-0.1, -0.05) is 54.4 Å². The Morgan fingerprint density at radius 1 is 0.955 bits per heavy atom. The summed E-state index contributed by atoms with van der Waals surface area (Å²) >= 11 is 0. The molecule has 0 aliphatic heterocycles. The van der Waals surface area contributed by atoms with Gasteiger partial charge in [-0.3, -0.25) is 4.18 Å². The van der Waals surface area contributed by atoms with Gasteiger partial charge in [-0.05, 0) is 37.5 Å². The van der Waals surface area contributed by atoms with Crippen molar-refractivity contribution in [1.29, 1.82) is 0 Å². The molecule has 0 aromatic heterocycles. The number of hydrogen-bond acceptors (Lipinski definition) is 3.